The van der Waals surface area contributed by atoms with E-state index in [0.717, 1.165) is 21.2 Å². The SMILES string of the molecule is CN([C@H]1C[C@@H](I)[C@@H](c2cnc3cnc4[nH]ccc4n23)C1)S(=O)(=O)CCC(F)(F)F. The Morgan fingerprint density at radius 3 is 2.79 bits per heavy atom. The first-order valence-electron chi connectivity index (χ1n) is 9.03. The van der Waals surface area contributed by atoms with Crippen LogP contribution in [0, 0.1) is 0 Å². The Labute approximate surface area is 178 Å². The van der Waals surface area contributed by atoms with Crippen molar-refractivity contribution in [3.8, 4) is 0 Å². The van der Waals surface area contributed by atoms with Crippen LogP contribution in [0.1, 0.15) is 30.9 Å². The number of sulfonamides is 1. The standard InChI is InChI=1S/C17H19F3IN5O2S/c1-25(29(27,28)5-3-17(18,19)20)10-6-11(12(21)7-10)14-8-23-15-9-24-16-13(26(14)15)2-4-22-16/h2,4,8-12,22H,3,5-7H2,1H3/t10-,11+,12-/m1/s1. The predicted molar refractivity (Wildman–Crippen MR) is 111 cm³/mol. The number of H-pyrrole nitrogens is 1. The zero-order valence-electron chi connectivity index (χ0n) is 15.4. The summed E-state index contributed by atoms with van der Waals surface area (Å²) in [5.41, 5.74) is 3.26. The lowest BCUT2D eigenvalue weighted by Gasteiger charge is -2.24. The third-order valence-electron chi connectivity index (χ3n) is 5.51. The Hall–Kier alpha value is -1.41. The molecule has 1 saturated carbocycles. The molecule has 0 amide bonds. The number of fused-ring (bicyclic) bond motifs is 3. The number of halogens is 4. The predicted octanol–water partition coefficient (Wildman–Crippen LogP) is 3.47. The molecule has 0 saturated heterocycles. The molecule has 3 heterocycles. The molecule has 7 nitrogen and oxygen atoms in total. The summed E-state index contributed by atoms with van der Waals surface area (Å²) in [5, 5.41) is 0. The summed E-state index contributed by atoms with van der Waals surface area (Å²) in [6.07, 6.45) is 0.504. The molecule has 3 aromatic heterocycles. The van der Waals surface area contributed by atoms with Crippen molar-refractivity contribution < 1.29 is 21.6 Å². The first kappa shape index (κ1) is 20.8. The Balaban J connectivity index is 1.59. The van der Waals surface area contributed by atoms with E-state index in [1.807, 2.05) is 10.5 Å². The summed E-state index contributed by atoms with van der Waals surface area (Å²) in [7, 11) is -2.61. The molecule has 4 rings (SSSR count). The van der Waals surface area contributed by atoms with Crippen molar-refractivity contribution in [3.05, 3.63) is 30.4 Å². The molecule has 12 heteroatoms. The van der Waals surface area contributed by atoms with E-state index in [4.69, 9.17) is 0 Å². The first-order valence-corrected chi connectivity index (χ1v) is 11.9. The van der Waals surface area contributed by atoms with Gasteiger partial charge in [0.05, 0.1) is 23.9 Å². The number of aromatic amines is 1. The van der Waals surface area contributed by atoms with Crippen molar-refractivity contribution in [2.75, 3.05) is 12.8 Å². The van der Waals surface area contributed by atoms with Gasteiger partial charge in [-0.1, -0.05) is 22.6 Å². The second-order valence-corrected chi connectivity index (χ2v) is 11.0. The van der Waals surface area contributed by atoms with Crippen LogP contribution in [-0.4, -0.2) is 61.0 Å². The van der Waals surface area contributed by atoms with Crippen LogP contribution < -0.4 is 0 Å². The van der Waals surface area contributed by atoms with Crippen LogP contribution in [0.25, 0.3) is 16.8 Å². The highest BCUT2D eigenvalue weighted by molar-refractivity contribution is 14.1. The molecule has 1 aliphatic rings. The Morgan fingerprint density at radius 2 is 2.07 bits per heavy atom. The first-order chi connectivity index (χ1) is 13.6. The fourth-order valence-electron chi connectivity index (χ4n) is 3.93. The fraction of sp³-hybridized carbons (Fsp3) is 0.529. The minimum Gasteiger partial charge on any atom is -0.345 e. The van der Waals surface area contributed by atoms with E-state index in [1.165, 1.54) is 7.05 Å². The van der Waals surface area contributed by atoms with Crippen molar-refractivity contribution in [1.82, 2.24) is 23.7 Å². The molecule has 0 aromatic carbocycles. The van der Waals surface area contributed by atoms with E-state index in [0.29, 0.717) is 18.5 Å². The van der Waals surface area contributed by atoms with Crippen LogP contribution in [0.5, 0.6) is 0 Å². The van der Waals surface area contributed by atoms with Gasteiger partial charge in [-0.3, -0.25) is 4.40 Å². The lowest BCUT2D eigenvalue weighted by molar-refractivity contribution is -0.130. The second kappa shape index (κ2) is 7.38. The molecule has 29 heavy (non-hydrogen) atoms. The number of imidazole rings is 1. The number of aromatic nitrogens is 4. The highest BCUT2D eigenvalue weighted by atomic mass is 127. The highest BCUT2D eigenvalue weighted by Gasteiger charge is 2.41. The molecule has 1 fully saturated rings. The van der Waals surface area contributed by atoms with Gasteiger partial charge in [-0.2, -0.15) is 13.2 Å². The van der Waals surface area contributed by atoms with Crippen LogP contribution in [0.2, 0.25) is 0 Å². The lowest BCUT2D eigenvalue weighted by atomic mass is 10.0. The molecule has 0 bridgehead atoms. The zero-order valence-corrected chi connectivity index (χ0v) is 18.4. The molecule has 158 valence electrons. The number of hydrogen-bond acceptors (Lipinski definition) is 4. The maximum atomic E-state index is 12.5. The van der Waals surface area contributed by atoms with Gasteiger partial charge >= 0.3 is 6.18 Å². The third kappa shape index (κ3) is 3.98. The maximum Gasteiger partial charge on any atom is 0.390 e. The molecular weight excluding hydrogens is 522 g/mol. The molecule has 0 unspecified atom stereocenters. The summed E-state index contributed by atoms with van der Waals surface area (Å²) in [6.45, 7) is 0. The number of nitrogens with zero attached hydrogens (tertiary/aromatic N) is 4. The molecule has 1 aliphatic carbocycles. The zero-order chi connectivity index (χ0) is 21.0. The van der Waals surface area contributed by atoms with Gasteiger partial charge in [0, 0.05) is 41.0 Å². The smallest absolute Gasteiger partial charge is 0.345 e. The molecule has 0 aliphatic heterocycles. The summed E-state index contributed by atoms with van der Waals surface area (Å²) in [4.78, 5) is 11.8. The van der Waals surface area contributed by atoms with Crippen molar-refractivity contribution in [2.24, 2.45) is 0 Å². The topological polar surface area (TPSA) is 83.4 Å². The van der Waals surface area contributed by atoms with Crippen LogP contribution >= 0.6 is 22.6 Å². The fourth-order valence-corrected chi connectivity index (χ4v) is 6.59. The van der Waals surface area contributed by atoms with Gasteiger partial charge in [0.15, 0.2) is 11.3 Å². The summed E-state index contributed by atoms with van der Waals surface area (Å²) < 4.78 is 65.5. The molecular formula is C17H19F3IN5O2S. The average molecular weight is 541 g/mol. The molecule has 3 aromatic rings. The van der Waals surface area contributed by atoms with Gasteiger partial charge in [-0.25, -0.2) is 22.7 Å². The largest absolute Gasteiger partial charge is 0.390 e. The summed E-state index contributed by atoms with van der Waals surface area (Å²) >= 11 is 2.29. The number of alkyl halides is 4. The molecule has 1 N–H and O–H groups in total. The number of nitrogens with one attached hydrogen (secondary N) is 1. The maximum absolute atomic E-state index is 12.5. The van der Waals surface area contributed by atoms with Gasteiger partial charge in [0.25, 0.3) is 0 Å². The monoisotopic (exact) mass is 541 g/mol. The van der Waals surface area contributed by atoms with Crippen molar-refractivity contribution in [1.29, 1.82) is 0 Å². The highest BCUT2D eigenvalue weighted by Crippen LogP contribution is 2.42. The Bertz CT molecular complexity index is 1140. The van der Waals surface area contributed by atoms with E-state index in [1.54, 1.807) is 18.6 Å². The molecule has 0 radical (unpaired) electrons. The lowest BCUT2D eigenvalue weighted by Crippen LogP contribution is -2.38. The average Bonchev–Trinajstić information content (AvgIpc) is 3.35. The van der Waals surface area contributed by atoms with Gasteiger partial charge in [-0.05, 0) is 18.9 Å². The van der Waals surface area contributed by atoms with Gasteiger partial charge in [0.1, 0.15) is 0 Å². The van der Waals surface area contributed by atoms with E-state index >= 15 is 0 Å². The van der Waals surface area contributed by atoms with E-state index < -0.39 is 28.4 Å². The van der Waals surface area contributed by atoms with Gasteiger partial charge in [-0.15, -0.1) is 0 Å². The van der Waals surface area contributed by atoms with Crippen LogP contribution in [-0.2, 0) is 10.0 Å². The summed E-state index contributed by atoms with van der Waals surface area (Å²) in [6, 6.07) is 1.55. The van der Waals surface area contributed by atoms with Gasteiger partial charge < -0.3 is 4.98 Å². The quantitative estimate of drug-likeness (QED) is 0.396. The minimum atomic E-state index is -4.50. The van der Waals surface area contributed by atoms with Crippen molar-refractivity contribution in [2.45, 2.75) is 41.3 Å². The van der Waals surface area contributed by atoms with Crippen molar-refractivity contribution >= 4 is 49.4 Å². The normalized spacial score (nSPS) is 23.6. The number of rotatable bonds is 5. The molecule has 0 spiro atoms. The second-order valence-electron chi connectivity index (χ2n) is 7.29. The van der Waals surface area contributed by atoms with E-state index in [2.05, 4.69) is 37.5 Å². The Morgan fingerprint density at radius 1 is 1.31 bits per heavy atom. The molecule has 3 atom stereocenters. The van der Waals surface area contributed by atoms with Gasteiger partial charge in [0.2, 0.25) is 10.0 Å². The van der Waals surface area contributed by atoms with E-state index in [-0.39, 0.29) is 15.9 Å². The van der Waals surface area contributed by atoms with Crippen LogP contribution in [0.4, 0.5) is 13.2 Å². The number of hydrogen-bond donors (Lipinski definition) is 1. The third-order valence-corrected chi connectivity index (χ3v) is 8.78. The summed E-state index contributed by atoms with van der Waals surface area (Å²) in [5.74, 6) is -0.901. The van der Waals surface area contributed by atoms with E-state index in [9.17, 15) is 21.6 Å². The van der Waals surface area contributed by atoms with Crippen molar-refractivity contribution in [3.63, 3.8) is 0 Å². The van der Waals surface area contributed by atoms with Crippen LogP contribution in [0.3, 0.4) is 0 Å². The minimum absolute atomic E-state index is 0.0244. The van der Waals surface area contributed by atoms with Crippen LogP contribution in [0.15, 0.2) is 24.7 Å². The Kier molecular flexibility index (Phi) is 5.30.